The van der Waals surface area contributed by atoms with Crippen LogP contribution in [0.4, 0.5) is 0 Å². The molecule has 0 saturated heterocycles. The first-order valence-corrected chi connectivity index (χ1v) is 5.37. The van der Waals surface area contributed by atoms with Gasteiger partial charge in [-0.05, 0) is 11.2 Å². The first kappa shape index (κ1) is 36.0. The van der Waals surface area contributed by atoms with Crippen molar-refractivity contribution in [1.82, 2.24) is 0 Å². The van der Waals surface area contributed by atoms with Crippen molar-refractivity contribution in [2.75, 3.05) is 34.3 Å². The Kier molecular flexibility index (Phi) is 43.0. The van der Waals surface area contributed by atoms with Crippen LogP contribution in [0.25, 0.3) is 0 Å². The molecule has 7 nitrogen and oxygen atoms in total. The standard InChI is InChI=1S/C5H14ClNO2P.Ca.4H2O.2H/c1-7(2,3)4-5-9-10(6)8;;;;;;;/h10H,4-5H2,1-3H3;;4*1H2;;/q+1;;;;;;;. The van der Waals surface area contributed by atoms with E-state index in [0.717, 1.165) is 11.0 Å². The fourth-order valence-corrected chi connectivity index (χ4v) is 0.883. The third-order valence-electron chi connectivity index (χ3n) is 0.978. The number of hydrogen-bond donors (Lipinski definition) is 0. The van der Waals surface area contributed by atoms with Gasteiger partial charge in [0.05, 0.1) is 21.1 Å². The van der Waals surface area contributed by atoms with Crippen molar-refractivity contribution in [2.45, 2.75) is 0 Å². The van der Waals surface area contributed by atoms with Gasteiger partial charge >= 0.3 is 37.7 Å². The molecule has 98 valence electrons. The van der Waals surface area contributed by atoms with Gasteiger partial charge in [-0.3, -0.25) is 4.57 Å². The normalized spacial score (nSPS) is 10.1. The van der Waals surface area contributed by atoms with Crippen LogP contribution in [0.3, 0.4) is 0 Å². The molecule has 0 fully saturated rings. The maximum absolute atomic E-state index is 10.3. The molecule has 0 amide bonds. The molecule has 0 aromatic heterocycles. The fraction of sp³-hybridized carbons (Fsp3) is 1.00. The quantitative estimate of drug-likeness (QED) is 0.311. The number of rotatable bonds is 4. The molecular weight excluding hydrogens is 277 g/mol. The fourth-order valence-electron chi connectivity index (χ4n) is 0.400. The van der Waals surface area contributed by atoms with Gasteiger partial charge in [-0.25, -0.2) is 0 Å². The van der Waals surface area contributed by atoms with Crippen molar-refractivity contribution in [1.29, 1.82) is 0 Å². The summed E-state index contributed by atoms with van der Waals surface area (Å²) >= 11 is 5.12. The zero-order valence-corrected chi connectivity index (χ0v) is 10.3. The topological polar surface area (TPSA) is 152 Å². The van der Waals surface area contributed by atoms with Gasteiger partial charge in [0.2, 0.25) is 0 Å². The summed E-state index contributed by atoms with van der Waals surface area (Å²) in [4.78, 5) is 0. The molecule has 15 heavy (non-hydrogen) atoms. The van der Waals surface area contributed by atoms with Crippen LogP contribution in [-0.2, 0) is 9.09 Å². The van der Waals surface area contributed by atoms with Crippen molar-refractivity contribution in [3.05, 3.63) is 0 Å². The monoisotopic (exact) mass is 300 g/mol. The van der Waals surface area contributed by atoms with Crippen LogP contribution < -0.4 is 0 Å². The van der Waals surface area contributed by atoms with Crippen molar-refractivity contribution in [3.8, 4) is 0 Å². The van der Waals surface area contributed by atoms with Gasteiger partial charge in [0.1, 0.15) is 13.2 Å². The van der Waals surface area contributed by atoms with Gasteiger partial charge in [0, 0.05) is 0 Å². The summed E-state index contributed by atoms with van der Waals surface area (Å²) in [6.07, 6.45) is 0. The molecule has 0 spiro atoms. The number of nitrogens with zero attached hydrogens (tertiary/aromatic N) is 1. The van der Waals surface area contributed by atoms with Crippen LogP contribution in [0.5, 0.6) is 0 Å². The van der Waals surface area contributed by atoms with Crippen LogP contribution >= 0.6 is 18.6 Å². The molecule has 0 radical (unpaired) electrons. The Morgan fingerprint density at radius 1 is 1.13 bits per heavy atom. The molecule has 8 N–H and O–H groups in total. The van der Waals surface area contributed by atoms with Crippen molar-refractivity contribution in [3.63, 3.8) is 0 Å². The molecule has 0 aliphatic rings. The Labute approximate surface area is 125 Å². The summed E-state index contributed by atoms with van der Waals surface area (Å²) in [5.74, 6) is 0. The van der Waals surface area contributed by atoms with Crippen molar-refractivity contribution in [2.24, 2.45) is 0 Å². The van der Waals surface area contributed by atoms with Crippen LogP contribution in [-0.4, -0.2) is 98.4 Å². The van der Waals surface area contributed by atoms with Gasteiger partial charge in [-0.15, -0.1) is 0 Å². The minimum absolute atomic E-state index is 0. The van der Waals surface area contributed by atoms with Crippen LogP contribution in [0.2, 0.25) is 0 Å². The van der Waals surface area contributed by atoms with E-state index in [2.05, 4.69) is 0 Å². The SMILES string of the molecule is C[N+](C)(C)CCO[PH](=O)Cl.O.O.O.O.[CaH2]. The summed E-state index contributed by atoms with van der Waals surface area (Å²) in [5, 5.41) is 0. The van der Waals surface area contributed by atoms with E-state index in [1.54, 1.807) is 0 Å². The first-order valence-electron chi connectivity index (χ1n) is 3.04. The van der Waals surface area contributed by atoms with E-state index in [-0.39, 0.29) is 59.6 Å². The second kappa shape index (κ2) is 17.9. The molecule has 0 saturated carbocycles. The Balaban J connectivity index is -0.0000000405. The molecule has 0 rings (SSSR count). The van der Waals surface area contributed by atoms with E-state index in [4.69, 9.17) is 15.8 Å². The first-order chi connectivity index (χ1) is 4.42. The number of quaternary nitrogens is 1. The number of halogens is 1. The second-order valence-electron chi connectivity index (χ2n) is 3.10. The minimum atomic E-state index is -2.24. The Hall–Kier alpha value is 1.54. The van der Waals surface area contributed by atoms with Crippen LogP contribution in [0.1, 0.15) is 0 Å². The van der Waals surface area contributed by atoms with Crippen molar-refractivity contribution >= 4 is 56.4 Å². The predicted octanol–water partition coefficient (Wildman–Crippen LogP) is -2.88. The van der Waals surface area contributed by atoms with Crippen LogP contribution in [0.15, 0.2) is 0 Å². The summed E-state index contributed by atoms with van der Waals surface area (Å²) in [6, 6.07) is 0. The van der Waals surface area contributed by atoms with E-state index in [1.807, 2.05) is 21.1 Å². The zero-order chi connectivity index (χ0) is 8.20. The average Bonchev–Trinajstić information content (AvgIpc) is 1.59. The predicted molar refractivity (Wildman–Crippen MR) is 66.7 cm³/mol. The molecule has 0 aromatic rings. The molecule has 0 aliphatic carbocycles. The third kappa shape index (κ3) is 39.1. The van der Waals surface area contributed by atoms with Gasteiger partial charge in [0.15, 0.2) is 0 Å². The van der Waals surface area contributed by atoms with E-state index in [9.17, 15) is 4.57 Å². The third-order valence-corrected chi connectivity index (χ3v) is 1.74. The van der Waals surface area contributed by atoms with Crippen molar-refractivity contribution < 1.29 is 35.5 Å². The summed E-state index contributed by atoms with van der Waals surface area (Å²) < 4.78 is 15.8. The van der Waals surface area contributed by atoms with E-state index < -0.39 is 7.38 Å². The molecular formula is C5H24CaClNO6P+. The Morgan fingerprint density at radius 2 is 1.47 bits per heavy atom. The average molecular weight is 301 g/mol. The molecule has 1 unspecified atom stereocenters. The molecule has 1 atom stereocenters. The number of likely N-dealkylation sites (N-methyl/N-ethyl adjacent to an activating group) is 1. The second-order valence-corrected chi connectivity index (χ2v) is 4.79. The van der Waals surface area contributed by atoms with Gasteiger partial charge in [0.25, 0.3) is 7.38 Å². The van der Waals surface area contributed by atoms with Crippen LogP contribution in [0, 0.1) is 0 Å². The van der Waals surface area contributed by atoms with E-state index in [0.29, 0.717) is 6.61 Å². The van der Waals surface area contributed by atoms with Gasteiger partial charge in [-0.1, -0.05) is 0 Å². The van der Waals surface area contributed by atoms with Gasteiger partial charge in [-0.2, -0.15) is 0 Å². The summed E-state index contributed by atoms with van der Waals surface area (Å²) in [6.45, 7) is 1.29. The van der Waals surface area contributed by atoms with E-state index in [1.165, 1.54) is 0 Å². The summed E-state index contributed by atoms with van der Waals surface area (Å²) in [5.41, 5.74) is 0. The molecule has 0 bridgehead atoms. The Bertz CT molecular complexity index is 135. The number of hydrogen-bond acceptors (Lipinski definition) is 2. The Morgan fingerprint density at radius 3 is 1.67 bits per heavy atom. The molecule has 0 heterocycles. The maximum atomic E-state index is 10.3. The molecule has 10 heteroatoms. The summed E-state index contributed by atoms with van der Waals surface area (Å²) in [7, 11) is 3.87. The van der Waals surface area contributed by atoms with Gasteiger partial charge < -0.3 is 30.9 Å². The molecule has 0 aliphatic heterocycles. The zero-order valence-electron chi connectivity index (χ0n) is 8.56. The van der Waals surface area contributed by atoms with E-state index >= 15 is 0 Å². The molecule has 0 aromatic carbocycles.